The standard InChI is InChI=1S/C8H11N3OS/c1-13-5-8(12)11-7-2-3-10-4-6(7)9/h2-4H,5,9H2,1H3,(H,10,11,12). The number of carbonyl (C=O) groups excluding carboxylic acids is 1. The van der Waals surface area contributed by atoms with Crippen molar-refractivity contribution in [1.29, 1.82) is 0 Å². The molecule has 0 aliphatic carbocycles. The van der Waals surface area contributed by atoms with Crippen molar-refractivity contribution < 1.29 is 4.79 Å². The van der Waals surface area contributed by atoms with E-state index in [2.05, 4.69) is 10.3 Å². The van der Waals surface area contributed by atoms with Gasteiger partial charge in [0.1, 0.15) is 0 Å². The third-order valence-corrected chi connectivity index (χ3v) is 1.95. The fourth-order valence-corrected chi connectivity index (χ4v) is 1.17. The van der Waals surface area contributed by atoms with Crippen molar-refractivity contribution in [3.8, 4) is 0 Å². The van der Waals surface area contributed by atoms with Crippen LogP contribution in [0.1, 0.15) is 0 Å². The molecule has 0 aliphatic rings. The predicted octanol–water partition coefficient (Wildman–Crippen LogP) is 0.965. The van der Waals surface area contributed by atoms with Gasteiger partial charge in [-0.25, -0.2) is 0 Å². The predicted molar refractivity (Wildman–Crippen MR) is 55.7 cm³/mol. The molecule has 0 saturated carbocycles. The molecule has 13 heavy (non-hydrogen) atoms. The van der Waals surface area contributed by atoms with Gasteiger partial charge in [0, 0.05) is 6.20 Å². The molecule has 1 aromatic rings. The van der Waals surface area contributed by atoms with Crippen molar-refractivity contribution >= 4 is 29.0 Å². The van der Waals surface area contributed by atoms with E-state index in [1.807, 2.05) is 6.26 Å². The maximum absolute atomic E-state index is 11.2. The average molecular weight is 197 g/mol. The van der Waals surface area contributed by atoms with Crippen LogP contribution in [0.25, 0.3) is 0 Å². The first kappa shape index (κ1) is 9.85. The Labute approximate surface area is 80.9 Å². The van der Waals surface area contributed by atoms with E-state index in [9.17, 15) is 4.79 Å². The molecule has 0 atom stereocenters. The van der Waals surface area contributed by atoms with Crippen molar-refractivity contribution in [3.05, 3.63) is 18.5 Å². The lowest BCUT2D eigenvalue weighted by molar-refractivity contribution is -0.113. The summed E-state index contributed by atoms with van der Waals surface area (Å²) < 4.78 is 0. The molecule has 0 spiro atoms. The minimum absolute atomic E-state index is 0.0506. The highest BCUT2D eigenvalue weighted by molar-refractivity contribution is 7.99. The molecule has 5 heteroatoms. The lowest BCUT2D eigenvalue weighted by Gasteiger charge is -2.05. The number of rotatable bonds is 3. The number of hydrogen-bond donors (Lipinski definition) is 2. The normalized spacial score (nSPS) is 9.62. The monoisotopic (exact) mass is 197 g/mol. The quantitative estimate of drug-likeness (QED) is 0.757. The zero-order valence-electron chi connectivity index (χ0n) is 7.28. The first-order valence-electron chi connectivity index (χ1n) is 3.72. The van der Waals surface area contributed by atoms with E-state index >= 15 is 0 Å². The Bertz CT molecular complexity index is 303. The summed E-state index contributed by atoms with van der Waals surface area (Å²) >= 11 is 1.47. The molecule has 0 aliphatic heterocycles. The lowest BCUT2D eigenvalue weighted by atomic mass is 10.3. The largest absolute Gasteiger partial charge is 0.396 e. The van der Waals surface area contributed by atoms with Crippen LogP contribution in [0.15, 0.2) is 18.5 Å². The Morgan fingerprint density at radius 3 is 3.15 bits per heavy atom. The maximum Gasteiger partial charge on any atom is 0.234 e. The average Bonchev–Trinajstić information content (AvgIpc) is 2.09. The molecule has 0 aromatic carbocycles. The molecular weight excluding hydrogens is 186 g/mol. The van der Waals surface area contributed by atoms with E-state index in [-0.39, 0.29) is 5.91 Å². The van der Waals surface area contributed by atoms with Crippen LogP contribution in [0.2, 0.25) is 0 Å². The molecule has 1 heterocycles. The molecule has 1 amide bonds. The second-order valence-electron chi connectivity index (χ2n) is 2.44. The molecule has 4 nitrogen and oxygen atoms in total. The number of aromatic nitrogens is 1. The van der Waals surface area contributed by atoms with E-state index in [4.69, 9.17) is 5.73 Å². The summed E-state index contributed by atoms with van der Waals surface area (Å²) in [7, 11) is 0. The van der Waals surface area contributed by atoms with Gasteiger partial charge in [0.05, 0.1) is 23.3 Å². The van der Waals surface area contributed by atoms with Crippen molar-refractivity contribution in [2.75, 3.05) is 23.1 Å². The van der Waals surface area contributed by atoms with E-state index < -0.39 is 0 Å². The molecule has 70 valence electrons. The van der Waals surface area contributed by atoms with Gasteiger partial charge in [0.25, 0.3) is 0 Å². The van der Waals surface area contributed by atoms with Gasteiger partial charge in [0.15, 0.2) is 0 Å². The van der Waals surface area contributed by atoms with Gasteiger partial charge in [-0.15, -0.1) is 0 Å². The minimum Gasteiger partial charge on any atom is -0.396 e. The number of nitrogen functional groups attached to an aromatic ring is 1. The Morgan fingerprint density at radius 1 is 1.77 bits per heavy atom. The molecule has 0 unspecified atom stereocenters. The summed E-state index contributed by atoms with van der Waals surface area (Å²) in [4.78, 5) is 15.0. The number of carbonyl (C=O) groups is 1. The van der Waals surface area contributed by atoms with Crippen molar-refractivity contribution in [2.45, 2.75) is 0 Å². The van der Waals surface area contributed by atoms with Gasteiger partial charge >= 0.3 is 0 Å². The van der Waals surface area contributed by atoms with Gasteiger partial charge in [-0.05, 0) is 12.3 Å². The molecule has 1 rings (SSSR count). The summed E-state index contributed by atoms with van der Waals surface area (Å²) in [6.07, 6.45) is 4.97. The van der Waals surface area contributed by atoms with Crippen LogP contribution >= 0.6 is 11.8 Å². The number of nitrogens with one attached hydrogen (secondary N) is 1. The van der Waals surface area contributed by atoms with E-state index in [0.717, 1.165) is 0 Å². The fourth-order valence-electron chi connectivity index (χ4n) is 0.838. The molecule has 1 aromatic heterocycles. The number of anilines is 2. The number of nitrogens with two attached hydrogens (primary N) is 1. The second-order valence-corrected chi connectivity index (χ2v) is 3.31. The Balaban J connectivity index is 2.63. The Hall–Kier alpha value is -1.23. The van der Waals surface area contributed by atoms with Crippen molar-refractivity contribution in [3.63, 3.8) is 0 Å². The number of pyridine rings is 1. The van der Waals surface area contributed by atoms with Crippen LogP contribution in [0.5, 0.6) is 0 Å². The number of hydrogen-bond acceptors (Lipinski definition) is 4. The van der Waals surface area contributed by atoms with Crippen LogP contribution in [0.4, 0.5) is 11.4 Å². The van der Waals surface area contributed by atoms with Gasteiger partial charge in [0.2, 0.25) is 5.91 Å². The SMILES string of the molecule is CSCC(=O)Nc1ccncc1N. The summed E-state index contributed by atoms with van der Waals surface area (Å²) in [6.45, 7) is 0. The highest BCUT2D eigenvalue weighted by Crippen LogP contribution is 2.15. The molecule has 0 bridgehead atoms. The zero-order valence-corrected chi connectivity index (χ0v) is 8.10. The third kappa shape index (κ3) is 2.95. The highest BCUT2D eigenvalue weighted by atomic mass is 32.2. The van der Waals surface area contributed by atoms with Gasteiger partial charge in [-0.3, -0.25) is 9.78 Å². The van der Waals surface area contributed by atoms with Crippen LogP contribution in [0.3, 0.4) is 0 Å². The first-order valence-corrected chi connectivity index (χ1v) is 5.11. The zero-order chi connectivity index (χ0) is 9.68. The summed E-state index contributed by atoms with van der Waals surface area (Å²) in [5, 5.41) is 2.69. The summed E-state index contributed by atoms with van der Waals surface area (Å²) in [6, 6.07) is 1.67. The first-order chi connectivity index (χ1) is 6.24. The summed E-state index contributed by atoms with van der Waals surface area (Å²) in [5.41, 5.74) is 6.68. The number of amides is 1. The number of nitrogens with zero attached hydrogens (tertiary/aromatic N) is 1. The lowest BCUT2D eigenvalue weighted by Crippen LogP contribution is -2.14. The molecule has 0 fully saturated rings. The Kier molecular flexibility index (Phi) is 3.57. The Morgan fingerprint density at radius 2 is 2.54 bits per heavy atom. The van der Waals surface area contributed by atoms with Gasteiger partial charge in [-0.1, -0.05) is 0 Å². The number of thioether (sulfide) groups is 1. The fraction of sp³-hybridized carbons (Fsp3) is 0.250. The van der Waals surface area contributed by atoms with Crippen molar-refractivity contribution in [1.82, 2.24) is 4.98 Å². The molecular formula is C8H11N3OS. The topological polar surface area (TPSA) is 68.0 Å². The van der Waals surface area contributed by atoms with Crippen LogP contribution in [-0.2, 0) is 4.79 Å². The maximum atomic E-state index is 11.2. The second kappa shape index (κ2) is 4.71. The van der Waals surface area contributed by atoms with E-state index in [1.165, 1.54) is 18.0 Å². The van der Waals surface area contributed by atoms with Crippen LogP contribution in [0, 0.1) is 0 Å². The van der Waals surface area contributed by atoms with Gasteiger partial charge < -0.3 is 11.1 Å². The third-order valence-electron chi connectivity index (χ3n) is 1.40. The van der Waals surface area contributed by atoms with Gasteiger partial charge in [-0.2, -0.15) is 11.8 Å². The van der Waals surface area contributed by atoms with E-state index in [1.54, 1.807) is 12.3 Å². The van der Waals surface area contributed by atoms with Crippen LogP contribution < -0.4 is 11.1 Å². The highest BCUT2D eigenvalue weighted by Gasteiger charge is 2.02. The van der Waals surface area contributed by atoms with Crippen molar-refractivity contribution in [2.24, 2.45) is 0 Å². The summed E-state index contributed by atoms with van der Waals surface area (Å²) in [5.74, 6) is 0.382. The minimum atomic E-state index is -0.0506. The molecule has 3 N–H and O–H groups in total. The smallest absolute Gasteiger partial charge is 0.234 e. The molecule has 0 saturated heterocycles. The van der Waals surface area contributed by atoms with E-state index in [0.29, 0.717) is 17.1 Å². The van der Waals surface area contributed by atoms with Crippen LogP contribution in [-0.4, -0.2) is 22.9 Å². The molecule has 0 radical (unpaired) electrons.